The van der Waals surface area contributed by atoms with E-state index in [1.165, 1.54) is 0 Å². The van der Waals surface area contributed by atoms with Crippen molar-refractivity contribution in [3.63, 3.8) is 0 Å². The normalized spacial score (nSPS) is 48.5. The number of aliphatic hydroxyl groups is 2. The molecule has 0 amide bonds. The molecule has 4 aliphatic carbocycles. The van der Waals surface area contributed by atoms with E-state index < -0.39 is 0 Å². The molecule has 4 rings (SSSR count). The van der Waals surface area contributed by atoms with Crippen molar-refractivity contribution in [3.8, 4) is 0 Å². The maximum absolute atomic E-state index is 11.7. The smallest absolute Gasteiger partial charge is 0.305 e. The molecule has 0 heterocycles. The van der Waals surface area contributed by atoms with E-state index >= 15 is 0 Å². The van der Waals surface area contributed by atoms with Crippen molar-refractivity contribution in [1.82, 2.24) is 0 Å². The summed E-state index contributed by atoms with van der Waals surface area (Å²) in [7, 11) is 0. The third kappa shape index (κ3) is 3.39. The van der Waals surface area contributed by atoms with Gasteiger partial charge in [-0.15, -0.1) is 0 Å². The highest BCUT2D eigenvalue weighted by molar-refractivity contribution is 5.69. The third-order valence-electron chi connectivity index (χ3n) is 9.76. The maximum Gasteiger partial charge on any atom is 0.305 e. The summed E-state index contributed by atoms with van der Waals surface area (Å²) in [5.41, 5.74) is 0.0768. The van der Waals surface area contributed by atoms with Gasteiger partial charge >= 0.3 is 5.97 Å². The molecule has 4 heteroatoms. The summed E-state index contributed by atoms with van der Waals surface area (Å²) in [6.45, 7) is 6.99. The number of ether oxygens (including phenoxy) is 1. The highest BCUT2D eigenvalue weighted by Gasteiger charge is 2.64. The Balaban J connectivity index is 1.51. The molecule has 29 heavy (non-hydrogen) atoms. The second kappa shape index (κ2) is 8.00. The first kappa shape index (κ1) is 21.4. The molecule has 1 unspecified atom stereocenters. The van der Waals surface area contributed by atoms with Gasteiger partial charge in [0.2, 0.25) is 0 Å². The van der Waals surface area contributed by atoms with Crippen LogP contribution in [0.3, 0.4) is 0 Å². The van der Waals surface area contributed by atoms with Crippen LogP contribution in [0.15, 0.2) is 12.2 Å². The molecule has 164 valence electrons. The van der Waals surface area contributed by atoms with Gasteiger partial charge in [0.05, 0.1) is 18.8 Å². The van der Waals surface area contributed by atoms with Crippen LogP contribution in [0, 0.1) is 40.4 Å². The standard InChI is InChI=1S/C25H40O4/c1-4-29-22(28)10-7-9-16-11-12-18-23-19(15-21(27)25(16,18)3)24(2)13-6-5-8-17(24)14-20(23)26/h5-6,16-21,23,26-27H,4,7-15H2,1-3H3/t16?,17-,18-,19-,20+,21-,23-,24-,25+/m0/s1. The van der Waals surface area contributed by atoms with E-state index in [2.05, 4.69) is 26.0 Å². The Labute approximate surface area is 176 Å². The van der Waals surface area contributed by atoms with E-state index in [1.54, 1.807) is 0 Å². The fraction of sp³-hybridized carbons (Fsp3) is 0.880. The van der Waals surface area contributed by atoms with E-state index in [0.29, 0.717) is 42.6 Å². The molecule has 0 aliphatic heterocycles. The zero-order valence-corrected chi connectivity index (χ0v) is 18.5. The first-order valence-corrected chi connectivity index (χ1v) is 12.0. The lowest BCUT2D eigenvalue weighted by Crippen LogP contribution is -2.61. The first-order valence-electron chi connectivity index (χ1n) is 12.0. The first-order chi connectivity index (χ1) is 13.8. The molecule has 0 saturated heterocycles. The predicted molar refractivity (Wildman–Crippen MR) is 113 cm³/mol. The Morgan fingerprint density at radius 3 is 2.69 bits per heavy atom. The number of fused-ring (bicyclic) bond motifs is 5. The number of allylic oxidation sites excluding steroid dienone is 2. The van der Waals surface area contributed by atoms with Crippen LogP contribution in [0.2, 0.25) is 0 Å². The van der Waals surface area contributed by atoms with Crippen molar-refractivity contribution < 1.29 is 19.7 Å². The second-order valence-electron chi connectivity index (χ2n) is 10.8. The van der Waals surface area contributed by atoms with E-state index in [4.69, 9.17) is 4.74 Å². The summed E-state index contributed by atoms with van der Waals surface area (Å²) in [6.07, 6.45) is 12.5. The van der Waals surface area contributed by atoms with Crippen LogP contribution in [-0.2, 0) is 9.53 Å². The fourth-order valence-corrected chi connectivity index (χ4v) is 8.09. The number of esters is 1. The fourth-order valence-electron chi connectivity index (χ4n) is 8.09. The Morgan fingerprint density at radius 1 is 1.14 bits per heavy atom. The van der Waals surface area contributed by atoms with Gasteiger partial charge in [-0.3, -0.25) is 4.79 Å². The van der Waals surface area contributed by atoms with Gasteiger partial charge in [-0.2, -0.15) is 0 Å². The molecule has 4 nitrogen and oxygen atoms in total. The summed E-state index contributed by atoms with van der Waals surface area (Å²) < 4.78 is 5.08. The Morgan fingerprint density at radius 2 is 1.93 bits per heavy atom. The summed E-state index contributed by atoms with van der Waals surface area (Å²) in [4.78, 5) is 11.7. The molecule has 3 fully saturated rings. The molecule has 2 N–H and O–H groups in total. The van der Waals surface area contributed by atoms with Crippen LogP contribution in [0.25, 0.3) is 0 Å². The molecule has 0 bridgehead atoms. The zero-order valence-electron chi connectivity index (χ0n) is 18.5. The largest absolute Gasteiger partial charge is 0.466 e. The molecule has 0 spiro atoms. The Bertz CT molecular complexity index is 645. The van der Waals surface area contributed by atoms with E-state index in [0.717, 1.165) is 51.4 Å². The number of carbonyl (C=O) groups excluding carboxylic acids is 1. The monoisotopic (exact) mass is 404 g/mol. The minimum absolute atomic E-state index is 0.108. The lowest BCUT2D eigenvalue weighted by Gasteiger charge is -2.62. The topological polar surface area (TPSA) is 66.8 Å². The van der Waals surface area contributed by atoms with Crippen molar-refractivity contribution in [2.24, 2.45) is 40.4 Å². The summed E-state index contributed by atoms with van der Waals surface area (Å²) in [5.74, 6) is 1.98. The molecule has 0 aromatic rings. The van der Waals surface area contributed by atoms with Crippen LogP contribution in [0.1, 0.15) is 78.6 Å². The van der Waals surface area contributed by atoms with Crippen LogP contribution >= 0.6 is 0 Å². The SMILES string of the molecule is CCOC(=O)CCCC1CC[C@H]2[C@@H]3[C@H](O)C[C@@H]4CC=CC[C@]4(C)[C@H]3C[C@H](O)[C@]12C. The molecule has 0 aromatic carbocycles. The van der Waals surface area contributed by atoms with Gasteiger partial charge in [0, 0.05) is 6.42 Å². The van der Waals surface area contributed by atoms with E-state index in [9.17, 15) is 15.0 Å². The maximum atomic E-state index is 11.7. The van der Waals surface area contributed by atoms with E-state index in [-0.39, 0.29) is 29.0 Å². The average molecular weight is 405 g/mol. The van der Waals surface area contributed by atoms with Crippen molar-refractivity contribution in [3.05, 3.63) is 12.2 Å². The molecule has 4 aliphatic rings. The minimum atomic E-state index is -0.308. The van der Waals surface area contributed by atoms with Crippen molar-refractivity contribution >= 4 is 5.97 Å². The van der Waals surface area contributed by atoms with Crippen molar-refractivity contribution in [2.45, 2.75) is 90.8 Å². The van der Waals surface area contributed by atoms with Crippen LogP contribution in [0.4, 0.5) is 0 Å². The summed E-state index contributed by atoms with van der Waals surface area (Å²) in [5, 5.41) is 22.7. The van der Waals surface area contributed by atoms with Gasteiger partial charge in [0.1, 0.15) is 0 Å². The van der Waals surface area contributed by atoms with Gasteiger partial charge in [-0.1, -0.05) is 26.0 Å². The third-order valence-corrected chi connectivity index (χ3v) is 9.76. The number of aliphatic hydroxyl groups excluding tert-OH is 2. The Hall–Kier alpha value is -0.870. The lowest BCUT2D eigenvalue weighted by molar-refractivity contribution is -0.191. The molecule has 0 aromatic heterocycles. The van der Waals surface area contributed by atoms with Gasteiger partial charge < -0.3 is 14.9 Å². The number of carbonyl (C=O) groups is 1. The van der Waals surface area contributed by atoms with Gasteiger partial charge in [-0.05, 0) is 98.7 Å². The highest BCUT2D eigenvalue weighted by Crippen LogP contribution is 2.67. The van der Waals surface area contributed by atoms with Crippen LogP contribution in [0.5, 0.6) is 0 Å². The molecule has 0 radical (unpaired) electrons. The lowest BCUT2D eigenvalue weighted by atomic mass is 9.44. The molecular formula is C25H40O4. The number of hydrogen-bond acceptors (Lipinski definition) is 4. The summed E-state index contributed by atoms with van der Waals surface area (Å²) in [6, 6.07) is 0. The number of rotatable bonds is 5. The van der Waals surface area contributed by atoms with Crippen LogP contribution in [-0.4, -0.2) is 35.0 Å². The summed E-state index contributed by atoms with van der Waals surface area (Å²) >= 11 is 0. The quantitative estimate of drug-likeness (QED) is 0.523. The van der Waals surface area contributed by atoms with Gasteiger partial charge in [0.25, 0.3) is 0 Å². The number of hydrogen-bond donors (Lipinski definition) is 2. The van der Waals surface area contributed by atoms with E-state index in [1.807, 2.05) is 6.92 Å². The predicted octanol–water partition coefficient (Wildman–Crippen LogP) is 4.49. The van der Waals surface area contributed by atoms with Gasteiger partial charge in [-0.25, -0.2) is 0 Å². The minimum Gasteiger partial charge on any atom is -0.466 e. The van der Waals surface area contributed by atoms with Crippen molar-refractivity contribution in [2.75, 3.05) is 6.61 Å². The molecule has 9 atom stereocenters. The Kier molecular flexibility index (Phi) is 5.89. The average Bonchev–Trinajstić information content (AvgIpc) is 3.01. The van der Waals surface area contributed by atoms with Gasteiger partial charge in [0.15, 0.2) is 0 Å². The van der Waals surface area contributed by atoms with Crippen molar-refractivity contribution in [1.29, 1.82) is 0 Å². The molecular weight excluding hydrogens is 364 g/mol. The molecule has 3 saturated carbocycles. The zero-order chi connectivity index (χ0) is 20.8. The second-order valence-corrected chi connectivity index (χ2v) is 10.8. The highest BCUT2D eigenvalue weighted by atomic mass is 16.5. The van der Waals surface area contributed by atoms with Crippen LogP contribution < -0.4 is 0 Å².